The van der Waals surface area contributed by atoms with E-state index in [1.165, 1.54) is 17.1 Å². The Bertz CT molecular complexity index is 76.4. The molecule has 8 heavy (non-hydrogen) atoms. The zero-order valence-corrected chi connectivity index (χ0v) is 6.92. The molecule has 0 aliphatic heterocycles. The van der Waals surface area contributed by atoms with Gasteiger partial charge in [0, 0.05) is 12.7 Å². The summed E-state index contributed by atoms with van der Waals surface area (Å²) in [5.74, 6) is 0.589. The van der Waals surface area contributed by atoms with Gasteiger partial charge >= 0.3 is 5.97 Å². The van der Waals surface area contributed by atoms with Gasteiger partial charge in [-0.25, -0.2) is 0 Å². The molecule has 0 aromatic carbocycles. The summed E-state index contributed by atoms with van der Waals surface area (Å²) in [7, 11) is 1.48. The first-order valence-electron chi connectivity index (χ1n) is 2.14. The van der Waals surface area contributed by atoms with Gasteiger partial charge in [0.25, 0.3) is 0 Å². The van der Waals surface area contributed by atoms with Crippen molar-refractivity contribution < 1.29 is 9.53 Å². The molecule has 48 valence electrons. The molecule has 4 heteroatoms. The molecule has 0 spiro atoms. The second-order valence-electron chi connectivity index (χ2n) is 1.15. The normalized spacial score (nSPS) is 8.75. The van der Waals surface area contributed by atoms with Crippen molar-refractivity contribution in [3.8, 4) is 0 Å². The fourth-order valence-electron chi connectivity index (χ4n) is 0.217. The Balaban J connectivity index is 2.82. The van der Waals surface area contributed by atoms with Crippen molar-refractivity contribution in [1.29, 1.82) is 0 Å². The summed E-state index contributed by atoms with van der Waals surface area (Å²) in [6.07, 6.45) is 0. The lowest BCUT2D eigenvalue weighted by molar-refractivity contribution is -0.140. The van der Waals surface area contributed by atoms with Gasteiger partial charge in [-0.15, -0.1) is 0 Å². The molecule has 2 nitrogen and oxygen atoms in total. The van der Waals surface area contributed by atoms with Crippen LogP contribution in [-0.2, 0) is 9.53 Å². The van der Waals surface area contributed by atoms with Crippen LogP contribution in [0.2, 0.25) is 0 Å². The Morgan fingerprint density at radius 1 is 1.88 bits per heavy atom. The fraction of sp³-hybridized carbons (Fsp3) is 0.750. The van der Waals surface area contributed by atoms with Crippen LogP contribution in [0.5, 0.6) is 0 Å². The first-order chi connectivity index (χ1) is 3.77. The van der Waals surface area contributed by atoms with Crippen LogP contribution in [0.15, 0.2) is 0 Å². The molecular formula is C4H7BrO2S. The van der Waals surface area contributed by atoms with Gasteiger partial charge in [-0.05, 0) is 14.8 Å². The van der Waals surface area contributed by atoms with E-state index in [1.54, 1.807) is 0 Å². The highest BCUT2D eigenvalue weighted by atomic mass is 79.9. The molecule has 0 unspecified atom stereocenters. The smallest absolute Gasteiger partial charge is 0.302 e. The van der Waals surface area contributed by atoms with E-state index in [1.807, 2.05) is 0 Å². The first-order valence-corrected chi connectivity index (χ1v) is 4.97. The van der Waals surface area contributed by atoms with Crippen LogP contribution >= 0.6 is 25.0 Å². The molecule has 0 bridgehead atoms. The van der Waals surface area contributed by atoms with Crippen LogP contribution in [0.3, 0.4) is 0 Å². The van der Waals surface area contributed by atoms with Gasteiger partial charge in [0.2, 0.25) is 0 Å². The number of hydrogen-bond acceptors (Lipinski definition) is 3. The van der Waals surface area contributed by atoms with E-state index < -0.39 is 0 Å². The van der Waals surface area contributed by atoms with Gasteiger partial charge in [0.1, 0.15) is 6.61 Å². The predicted octanol–water partition coefficient (Wildman–Crippen LogP) is 1.59. The molecule has 0 radical (unpaired) electrons. The lowest BCUT2D eigenvalue weighted by Gasteiger charge is -1.95. The molecule has 0 aromatic rings. The van der Waals surface area contributed by atoms with Crippen LogP contribution in [0.25, 0.3) is 0 Å². The average Bonchev–Trinajstić information content (AvgIpc) is 1.66. The van der Waals surface area contributed by atoms with Crippen LogP contribution in [0.1, 0.15) is 6.92 Å². The predicted molar refractivity (Wildman–Crippen MR) is 38.0 cm³/mol. The van der Waals surface area contributed by atoms with E-state index in [0.29, 0.717) is 6.61 Å². The average molecular weight is 199 g/mol. The second kappa shape index (κ2) is 5.44. The molecule has 0 rings (SSSR count). The van der Waals surface area contributed by atoms with Gasteiger partial charge in [0.15, 0.2) is 0 Å². The van der Waals surface area contributed by atoms with E-state index in [9.17, 15) is 4.79 Å². The monoisotopic (exact) mass is 198 g/mol. The number of rotatable bonds is 3. The number of halogens is 1. The third kappa shape index (κ3) is 6.30. The van der Waals surface area contributed by atoms with Crippen molar-refractivity contribution in [2.24, 2.45) is 0 Å². The highest BCUT2D eigenvalue weighted by Crippen LogP contribution is 2.07. The minimum absolute atomic E-state index is 0.216. The maximum absolute atomic E-state index is 10.1. The molecule has 0 heterocycles. The van der Waals surface area contributed by atoms with Crippen LogP contribution in [-0.4, -0.2) is 18.3 Å². The number of ether oxygens (including phenoxy) is 1. The topological polar surface area (TPSA) is 26.3 Å². The maximum atomic E-state index is 10.1. The highest BCUT2D eigenvalue weighted by Gasteiger charge is 1.89. The molecular weight excluding hydrogens is 192 g/mol. The van der Waals surface area contributed by atoms with Gasteiger partial charge in [-0.2, -0.15) is 0 Å². The Kier molecular flexibility index (Phi) is 5.64. The van der Waals surface area contributed by atoms with E-state index in [0.717, 1.165) is 5.75 Å². The van der Waals surface area contributed by atoms with Crippen molar-refractivity contribution in [1.82, 2.24) is 0 Å². The Morgan fingerprint density at radius 2 is 2.50 bits per heavy atom. The lowest BCUT2D eigenvalue weighted by Crippen LogP contribution is -2.01. The van der Waals surface area contributed by atoms with Gasteiger partial charge in [0.05, 0.1) is 0 Å². The molecule has 0 N–H and O–H groups in total. The van der Waals surface area contributed by atoms with E-state index in [2.05, 4.69) is 19.5 Å². The minimum atomic E-state index is -0.216. The van der Waals surface area contributed by atoms with Gasteiger partial charge in [-0.1, -0.05) is 10.2 Å². The maximum Gasteiger partial charge on any atom is 0.302 e. The quantitative estimate of drug-likeness (QED) is 0.510. The highest BCUT2D eigenvalue weighted by molar-refractivity contribution is 9.50. The molecule has 0 fully saturated rings. The fourth-order valence-corrected chi connectivity index (χ4v) is 0.760. The van der Waals surface area contributed by atoms with Crippen LogP contribution in [0, 0.1) is 0 Å². The number of carbonyl (C=O) groups excluding carboxylic acids is 1. The molecule has 0 aliphatic rings. The number of hydrogen-bond donors (Lipinski definition) is 0. The zero-order chi connectivity index (χ0) is 6.41. The molecule has 0 saturated heterocycles. The standard InChI is InChI=1S/C4H7BrO2S/c1-4(6)7-2-3-8-5/h2-3H2,1H3. The Labute approximate surface area is 60.2 Å². The third-order valence-electron chi connectivity index (χ3n) is 0.466. The third-order valence-corrected chi connectivity index (χ3v) is 1.76. The summed E-state index contributed by atoms with van der Waals surface area (Å²) in [6, 6.07) is 0. The molecule has 0 amide bonds. The second-order valence-corrected chi connectivity index (χ2v) is 3.15. The van der Waals surface area contributed by atoms with Crippen LogP contribution in [0.4, 0.5) is 0 Å². The van der Waals surface area contributed by atoms with E-state index in [4.69, 9.17) is 0 Å². The van der Waals surface area contributed by atoms with E-state index >= 15 is 0 Å². The van der Waals surface area contributed by atoms with Crippen LogP contribution < -0.4 is 0 Å². The van der Waals surface area contributed by atoms with Crippen molar-refractivity contribution in [2.45, 2.75) is 6.92 Å². The first kappa shape index (κ1) is 8.30. The summed E-state index contributed by atoms with van der Waals surface area (Å²) in [6.45, 7) is 1.89. The van der Waals surface area contributed by atoms with Crippen molar-refractivity contribution in [2.75, 3.05) is 12.4 Å². The Morgan fingerprint density at radius 3 is 2.88 bits per heavy atom. The van der Waals surface area contributed by atoms with Crippen molar-refractivity contribution in [3.63, 3.8) is 0 Å². The summed E-state index contributed by atoms with van der Waals surface area (Å²) in [4.78, 5) is 10.1. The Hall–Kier alpha value is 0.300. The largest absolute Gasteiger partial charge is 0.465 e. The molecule has 0 atom stereocenters. The van der Waals surface area contributed by atoms with Gasteiger partial charge in [-0.3, -0.25) is 4.79 Å². The SMILES string of the molecule is CC(=O)OCCSBr. The zero-order valence-electron chi connectivity index (χ0n) is 4.52. The summed E-state index contributed by atoms with van der Waals surface area (Å²) in [5.41, 5.74) is 0. The minimum Gasteiger partial charge on any atom is -0.465 e. The summed E-state index contributed by atoms with van der Waals surface area (Å²) in [5, 5.41) is 0. The number of esters is 1. The van der Waals surface area contributed by atoms with Gasteiger partial charge < -0.3 is 4.74 Å². The summed E-state index contributed by atoms with van der Waals surface area (Å²) >= 11 is 3.12. The molecule has 0 aromatic heterocycles. The molecule has 0 aliphatic carbocycles. The molecule has 0 saturated carbocycles. The van der Waals surface area contributed by atoms with Crippen molar-refractivity contribution >= 4 is 31.0 Å². The van der Waals surface area contributed by atoms with E-state index in [-0.39, 0.29) is 5.97 Å². The number of carbonyl (C=O) groups is 1. The summed E-state index contributed by atoms with van der Waals surface area (Å²) < 4.78 is 4.59. The lowest BCUT2D eigenvalue weighted by atomic mass is 10.8. The van der Waals surface area contributed by atoms with Crippen molar-refractivity contribution in [3.05, 3.63) is 0 Å².